The smallest absolute Gasteiger partial charge is 0.330 e. The number of nitrogens with one attached hydrogen (secondary N) is 1. The summed E-state index contributed by atoms with van der Waals surface area (Å²) in [6.45, 7) is 2.00. The van der Waals surface area contributed by atoms with Crippen LogP contribution in [0.2, 0.25) is 10.0 Å². The molecule has 1 amide bonds. The molecule has 0 saturated carbocycles. The molecule has 37 heavy (non-hydrogen) atoms. The van der Waals surface area contributed by atoms with Gasteiger partial charge in [-0.1, -0.05) is 47.5 Å². The Morgan fingerprint density at radius 3 is 2.43 bits per heavy atom. The lowest BCUT2D eigenvalue weighted by Gasteiger charge is -2.22. The van der Waals surface area contributed by atoms with E-state index in [9.17, 15) is 14.7 Å². The molecule has 0 aliphatic heterocycles. The highest BCUT2D eigenvalue weighted by Crippen LogP contribution is 2.45. The van der Waals surface area contributed by atoms with Gasteiger partial charge >= 0.3 is 5.97 Å². The van der Waals surface area contributed by atoms with E-state index in [-0.39, 0.29) is 13.2 Å². The zero-order valence-corrected chi connectivity index (χ0v) is 22.1. The molecule has 0 bridgehead atoms. The Bertz CT molecular complexity index is 1310. The normalized spacial score (nSPS) is 11.7. The molecule has 3 rings (SSSR count). The Labute approximate surface area is 225 Å². The molecule has 0 saturated heterocycles. The van der Waals surface area contributed by atoms with Gasteiger partial charge in [0.25, 0.3) is 0 Å². The van der Waals surface area contributed by atoms with E-state index in [1.165, 1.54) is 14.2 Å². The number of hydrogen-bond acceptors (Lipinski definition) is 6. The predicted molar refractivity (Wildman–Crippen MR) is 143 cm³/mol. The topological polar surface area (TPSA) is 94.1 Å². The number of esters is 1. The summed E-state index contributed by atoms with van der Waals surface area (Å²) in [7, 11) is 3.03. The van der Waals surface area contributed by atoms with E-state index >= 15 is 0 Å². The summed E-state index contributed by atoms with van der Waals surface area (Å²) in [5.74, 6) is -0.156. The van der Waals surface area contributed by atoms with Gasteiger partial charge in [-0.15, -0.1) is 0 Å². The monoisotopic (exact) mass is 543 g/mol. The van der Waals surface area contributed by atoms with Gasteiger partial charge in [-0.25, -0.2) is 4.79 Å². The minimum absolute atomic E-state index is 0.0994. The van der Waals surface area contributed by atoms with Crippen molar-refractivity contribution in [2.24, 2.45) is 0 Å². The molecular weight excluding hydrogens is 517 g/mol. The average molecular weight is 544 g/mol. The first-order valence-electron chi connectivity index (χ1n) is 11.4. The van der Waals surface area contributed by atoms with Crippen LogP contribution < -0.4 is 14.8 Å². The van der Waals surface area contributed by atoms with Crippen LogP contribution in [0, 0.1) is 0 Å². The third-order valence-corrected chi connectivity index (χ3v) is 6.09. The maximum Gasteiger partial charge on any atom is 0.330 e. The molecule has 3 aromatic rings. The van der Waals surface area contributed by atoms with Crippen LogP contribution in [0.4, 0.5) is 0 Å². The van der Waals surface area contributed by atoms with Crippen LogP contribution in [-0.2, 0) is 20.9 Å². The van der Waals surface area contributed by atoms with Crippen molar-refractivity contribution in [1.82, 2.24) is 5.32 Å². The standard InChI is InChI=1S/C28H27Cl2NO6/c1-4-37-25(33)14-13-24(32)31-16-17-9-12-23(35-2)26(28(17)36-3)19-11-10-18(29)15-21(19)27(34)20-7-5-6-8-22(20)30/h5-15,27,34H,4,16H2,1-3H3,(H,31,32)/b14-13+. The van der Waals surface area contributed by atoms with Crippen LogP contribution in [0.5, 0.6) is 11.5 Å². The molecule has 7 nitrogen and oxygen atoms in total. The van der Waals surface area contributed by atoms with Crippen LogP contribution in [-0.4, -0.2) is 37.8 Å². The lowest BCUT2D eigenvalue weighted by Crippen LogP contribution is -2.21. The first-order chi connectivity index (χ1) is 17.8. The fraction of sp³-hybridized carbons (Fsp3) is 0.214. The third kappa shape index (κ3) is 6.83. The third-order valence-electron chi connectivity index (χ3n) is 5.51. The lowest BCUT2D eigenvalue weighted by atomic mass is 9.90. The SMILES string of the molecule is CCOC(=O)/C=C/C(=O)NCc1ccc(OC)c(-c2ccc(Cl)cc2C(O)c2ccccc2Cl)c1OC. The molecule has 0 fully saturated rings. The van der Waals surface area contributed by atoms with E-state index < -0.39 is 18.0 Å². The molecule has 1 unspecified atom stereocenters. The summed E-state index contributed by atoms with van der Waals surface area (Å²) in [6.07, 6.45) is 1.07. The maximum absolute atomic E-state index is 12.2. The second kappa shape index (κ2) is 13.1. The predicted octanol–water partition coefficient (Wildman–Crippen LogP) is 5.49. The summed E-state index contributed by atoms with van der Waals surface area (Å²) in [6, 6.07) is 15.6. The van der Waals surface area contributed by atoms with E-state index in [1.54, 1.807) is 61.5 Å². The number of halogens is 2. The second-order valence-electron chi connectivity index (χ2n) is 7.79. The number of methoxy groups -OCH3 is 2. The van der Waals surface area contributed by atoms with E-state index in [0.29, 0.717) is 49.4 Å². The number of rotatable bonds is 10. The number of aliphatic hydroxyl groups is 1. The highest BCUT2D eigenvalue weighted by molar-refractivity contribution is 6.31. The molecule has 0 heterocycles. The summed E-state index contributed by atoms with van der Waals surface area (Å²) >= 11 is 12.7. The minimum Gasteiger partial charge on any atom is -0.496 e. The Morgan fingerprint density at radius 2 is 1.76 bits per heavy atom. The molecule has 1 atom stereocenters. The Balaban J connectivity index is 2.04. The van der Waals surface area contributed by atoms with Gasteiger partial charge in [0.05, 0.1) is 26.4 Å². The number of carbonyl (C=O) groups excluding carboxylic acids is 2. The van der Waals surface area contributed by atoms with Gasteiger partial charge in [0.2, 0.25) is 5.91 Å². The van der Waals surface area contributed by atoms with Gasteiger partial charge in [0.1, 0.15) is 17.6 Å². The fourth-order valence-electron chi connectivity index (χ4n) is 3.83. The molecule has 194 valence electrons. The zero-order valence-electron chi connectivity index (χ0n) is 20.6. The summed E-state index contributed by atoms with van der Waals surface area (Å²) in [4.78, 5) is 23.7. The molecule has 0 aliphatic rings. The summed E-state index contributed by atoms with van der Waals surface area (Å²) in [5, 5.41) is 14.9. The summed E-state index contributed by atoms with van der Waals surface area (Å²) < 4.78 is 16.2. The minimum atomic E-state index is -1.09. The van der Waals surface area contributed by atoms with Crippen molar-refractivity contribution in [3.8, 4) is 22.6 Å². The molecule has 0 spiro atoms. The molecular formula is C28H27Cl2NO6. The molecule has 0 aliphatic carbocycles. The van der Waals surface area contributed by atoms with E-state index in [2.05, 4.69) is 5.32 Å². The van der Waals surface area contributed by atoms with Crippen molar-refractivity contribution in [1.29, 1.82) is 0 Å². The van der Waals surface area contributed by atoms with Crippen LogP contribution in [0.1, 0.15) is 29.7 Å². The van der Waals surface area contributed by atoms with Crippen molar-refractivity contribution in [3.63, 3.8) is 0 Å². The van der Waals surface area contributed by atoms with Gasteiger partial charge in [-0.3, -0.25) is 4.79 Å². The molecule has 3 aromatic carbocycles. The van der Waals surface area contributed by atoms with E-state index in [4.69, 9.17) is 37.4 Å². The highest BCUT2D eigenvalue weighted by atomic mass is 35.5. The Hall–Kier alpha value is -3.52. The van der Waals surface area contributed by atoms with Crippen molar-refractivity contribution in [3.05, 3.63) is 93.5 Å². The first kappa shape index (κ1) is 28.1. The van der Waals surface area contributed by atoms with Gasteiger partial charge in [0, 0.05) is 39.9 Å². The fourth-order valence-corrected chi connectivity index (χ4v) is 4.25. The van der Waals surface area contributed by atoms with Crippen molar-refractivity contribution < 1.29 is 28.9 Å². The van der Waals surface area contributed by atoms with Gasteiger partial charge < -0.3 is 24.6 Å². The number of carbonyl (C=O) groups is 2. The molecule has 2 N–H and O–H groups in total. The number of amides is 1. The van der Waals surface area contributed by atoms with Gasteiger partial charge in [-0.05, 0) is 48.4 Å². The number of aliphatic hydroxyl groups excluding tert-OH is 1. The molecule has 9 heteroatoms. The Kier molecular flexibility index (Phi) is 9.97. The van der Waals surface area contributed by atoms with E-state index in [0.717, 1.165) is 12.2 Å². The van der Waals surface area contributed by atoms with Crippen LogP contribution in [0.25, 0.3) is 11.1 Å². The molecule has 0 aromatic heterocycles. The van der Waals surface area contributed by atoms with Crippen molar-refractivity contribution in [2.75, 3.05) is 20.8 Å². The lowest BCUT2D eigenvalue weighted by molar-refractivity contribution is -0.137. The number of ether oxygens (including phenoxy) is 3. The second-order valence-corrected chi connectivity index (χ2v) is 8.64. The van der Waals surface area contributed by atoms with Crippen LogP contribution in [0.3, 0.4) is 0 Å². The Morgan fingerprint density at radius 1 is 1.00 bits per heavy atom. The number of benzene rings is 3. The van der Waals surface area contributed by atoms with Gasteiger partial charge in [0.15, 0.2) is 0 Å². The largest absolute Gasteiger partial charge is 0.496 e. The highest BCUT2D eigenvalue weighted by Gasteiger charge is 2.24. The quantitative estimate of drug-likeness (QED) is 0.259. The maximum atomic E-state index is 12.2. The van der Waals surface area contributed by atoms with Crippen LogP contribution in [0.15, 0.2) is 66.7 Å². The van der Waals surface area contributed by atoms with Crippen molar-refractivity contribution >= 4 is 35.1 Å². The van der Waals surface area contributed by atoms with Gasteiger partial charge in [-0.2, -0.15) is 0 Å². The van der Waals surface area contributed by atoms with Crippen molar-refractivity contribution in [2.45, 2.75) is 19.6 Å². The average Bonchev–Trinajstić information content (AvgIpc) is 2.90. The van der Waals surface area contributed by atoms with Crippen LogP contribution >= 0.6 is 23.2 Å². The zero-order chi connectivity index (χ0) is 26.9. The summed E-state index contributed by atoms with van der Waals surface area (Å²) in [5.41, 5.74) is 2.83. The number of hydrogen-bond donors (Lipinski definition) is 2. The molecule has 0 radical (unpaired) electrons. The first-order valence-corrected chi connectivity index (χ1v) is 12.1. The van der Waals surface area contributed by atoms with E-state index in [1.807, 2.05) is 0 Å².